The summed E-state index contributed by atoms with van der Waals surface area (Å²) in [6, 6.07) is 14.1. The normalized spacial score (nSPS) is 11.1. The van der Waals surface area contributed by atoms with Gasteiger partial charge in [0, 0.05) is 22.6 Å². The quantitative estimate of drug-likeness (QED) is 0.701. The molecule has 0 saturated heterocycles. The number of nitrogens with one attached hydrogen (secondary N) is 1. The minimum Gasteiger partial charge on any atom is -0.306 e. The predicted molar refractivity (Wildman–Crippen MR) is 89.3 cm³/mol. The van der Waals surface area contributed by atoms with Gasteiger partial charge in [-0.2, -0.15) is 0 Å². The molecular weight excluding hydrogens is 356 g/mol. The summed E-state index contributed by atoms with van der Waals surface area (Å²) >= 11 is 11.2. The molecule has 0 amide bonds. The first-order valence-corrected chi connectivity index (χ1v) is 8.20. The van der Waals surface area contributed by atoms with E-state index in [2.05, 4.69) is 32.3 Å². The van der Waals surface area contributed by atoms with Crippen molar-refractivity contribution >= 4 is 49.1 Å². The average Bonchev–Trinajstić information content (AvgIpc) is 2.84. The lowest BCUT2D eigenvalue weighted by Gasteiger charge is -2.05. The SMILES string of the molecule is Clc1ccc(CNCc2nc3ccccc3s2)c(Br)c1. The molecule has 3 rings (SSSR count). The fourth-order valence-electron chi connectivity index (χ4n) is 1.96. The highest BCUT2D eigenvalue weighted by Gasteiger charge is 2.04. The number of para-hydroxylation sites is 1. The maximum atomic E-state index is 5.93. The zero-order valence-corrected chi connectivity index (χ0v) is 13.7. The number of rotatable bonds is 4. The second-order valence-electron chi connectivity index (χ2n) is 4.41. The third kappa shape index (κ3) is 3.20. The number of thiazole rings is 1. The lowest BCUT2D eigenvalue weighted by Crippen LogP contribution is -2.12. The molecule has 2 nitrogen and oxygen atoms in total. The summed E-state index contributed by atoms with van der Waals surface area (Å²) in [5.74, 6) is 0. The second kappa shape index (κ2) is 6.22. The van der Waals surface area contributed by atoms with Gasteiger partial charge in [-0.05, 0) is 29.8 Å². The molecule has 0 radical (unpaired) electrons. The summed E-state index contributed by atoms with van der Waals surface area (Å²) in [5, 5.41) is 5.26. The van der Waals surface area contributed by atoms with E-state index in [1.54, 1.807) is 11.3 Å². The molecular formula is C15H12BrClN2S. The van der Waals surface area contributed by atoms with Crippen LogP contribution in [0.3, 0.4) is 0 Å². The van der Waals surface area contributed by atoms with E-state index in [1.807, 2.05) is 36.4 Å². The minimum absolute atomic E-state index is 0.742. The zero-order chi connectivity index (χ0) is 13.9. The molecule has 1 heterocycles. The Morgan fingerprint density at radius 3 is 2.80 bits per heavy atom. The summed E-state index contributed by atoms with van der Waals surface area (Å²) in [6.07, 6.45) is 0. The molecule has 102 valence electrons. The first-order valence-electron chi connectivity index (χ1n) is 6.21. The Bertz CT molecular complexity index is 709. The van der Waals surface area contributed by atoms with Crippen LogP contribution in [0.1, 0.15) is 10.6 Å². The summed E-state index contributed by atoms with van der Waals surface area (Å²) < 4.78 is 2.26. The van der Waals surface area contributed by atoms with E-state index >= 15 is 0 Å². The van der Waals surface area contributed by atoms with Gasteiger partial charge in [-0.1, -0.05) is 45.7 Å². The molecule has 1 N–H and O–H groups in total. The highest BCUT2D eigenvalue weighted by Crippen LogP contribution is 2.23. The van der Waals surface area contributed by atoms with Crippen molar-refractivity contribution in [2.75, 3.05) is 0 Å². The Balaban J connectivity index is 1.64. The first-order chi connectivity index (χ1) is 9.72. The van der Waals surface area contributed by atoms with Gasteiger partial charge in [0.2, 0.25) is 0 Å². The maximum absolute atomic E-state index is 5.93. The number of nitrogens with zero attached hydrogens (tertiary/aromatic N) is 1. The highest BCUT2D eigenvalue weighted by atomic mass is 79.9. The Morgan fingerprint density at radius 1 is 1.15 bits per heavy atom. The molecule has 0 saturated carbocycles. The molecule has 0 aliphatic heterocycles. The van der Waals surface area contributed by atoms with Crippen LogP contribution < -0.4 is 5.32 Å². The Morgan fingerprint density at radius 2 is 2.00 bits per heavy atom. The Hall–Kier alpha value is -0.940. The van der Waals surface area contributed by atoms with Crippen molar-refractivity contribution in [3.8, 4) is 0 Å². The van der Waals surface area contributed by atoms with Gasteiger partial charge in [-0.3, -0.25) is 0 Å². The second-order valence-corrected chi connectivity index (χ2v) is 6.82. The fourth-order valence-corrected chi connectivity index (χ4v) is 3.72. The number of hydrogen-bond acceptors (Lipinski definition) is 3. The number of halogens is 2. The van der Waals surface area contributed by atoms with Crippen LogP contribution in [0, 0.1) is 0 Å². The van der Waals surface area contributed by atoms with Crippen molar-refractivity contribution in [3.05, 3.63) is 62.5 Å². The third-order valence-electron chi connectivity index (χ3n) is 2.94. The van der Waals surface area contributed by atoms with E-state index in [9.17, 15) is 0 Å². The van der Waals surface area contributed by atoms with Crippen molar-refractivity contribution < 1.29 is 0 Å². The van der Waals surface area contributed by atoms with Gasteiger partial charge in [0.1, 0.15) is 5.01 Å². The fraction of sp³-hybridized carbons (Fsp3) is 0.133. The lowest BCUT2D eigenvalue weighted by molar-refractivity contribution is 0.689. The zero-order valence-electron chi connectivity index (χ0n) is 10.6. The highest BCUT2D eigenvalue weighted by molar-refractivity contribution is 9.10. The van der Waals surface area contributed by atoms with Crippen LogP contribution in [-0.2, 0) is 13.1 Å². The molecule has 5 heteroatoms. The molecule has 0 aliphatic carbocycles. The monoisotopic (exact) mass is 366 g/mol. The lowest BCUT2D eigenvalue weighted by atomic mass is 10.2. The number of fused-ring (bicyclic) bond motifs is 1. The van der Waals surface area contributed by atoms with Gasteiger partial charge in [0.05, 0.1) is 10.2 Å². The molecule has 0 unspecified atom stereocenters. The molecule has 0 atom stereocenters. The summed E-state index contributed by atoms with van der Waals surface area (Å²) in [7, 11) is 0. The van der Waals surface area contributed by atoms with Crippen LogP contribution in [0.25, 0.3) is 10.2 Å². The average molecular weight is 368 g/mol. The van der Waals surface area contributed by atoms with Gasteiger partial charge < -0.3 is 5.32 Å². The van der Waals surface area contributed by atoms with Gasteiger partial charge in [0.25, 0.3) is 0 Å². The Labute approximate surface area is 134 Å². The molecule has 3 aromatic rings. The molecule has 2 aromatic carbocycles. The Kier molecular flexibility index (Phi) is 4.36. The molecule has 0 aliphatic rings. The van der Waals surface area contributed by atoms with Crippen molar-refractivity contribution in [2.24, 2.45) is 0 Å². The van der Waals surface area contributed by atoms with E-state index in [-0.39, 0.29) is 0 Å². The number of hydrogen-bond donors (Lipinski definition) is 1. The summed E-state index contributed by atoms with van der Waals surface area (Å²) in [6.45, 7) is 1.56. The third-order valence-corrected chi connectivity index (χ3v) is 4.95. The van der Waals surface area contributed by atoms with Crippen molar-refractivity contribution in [1.29, 1.82) is 0 Å². The van der Waals surface area contributed by atoms with E-state index in [4.69, 9.17) is 11.6 Å². The van der Waals surface area contributed by atoms with Crippen LogP contribution in [0.2, 0.25) is 5.02 Å². The van der Waals surface area contributed by atoms with Gasteiger partial charge in [0.15, 0.2) is 0 Å². The van der Waals surface area contributed by atoms with Crippen molar-refractivity contribution in [1.82, 2.24) is 10.3 Å². The van der Waals surface area contributed by atoms with E-state index in [1.165, 1.54) is 10.3 Å². The van der Waals surface area contributed by atoms with Crippen molar-refractivity contribution in [3.63, 3.8) is 0 Å². The van der Waals surface area contributed by atoms with E-state index in [0.29, 0.717) is 0 Å². The smallest absolute Gasteiger partial charge is 0.108 e. The van der Waals surface area contributed by atoms with Crippen LogP contribution in [0.15, 0.2) is 46.9 Å². The van der Waals surface area contributed by atoms with Crippen LogP contribution in [-0.4, -0.2) is 4.98 Å². The van der Waals surface area contributed by atoms with Gasteiger partial charge in [-0.15, -0.1) is 11.3 Å². The van der Waals surface area contributed by atoms with Gasteiger partial charge in [-0.25, -0.2) is 4.98 Å². The van der Waals surface area contributed by atoms with E-state index in [0.717, 1.165) is 33.1 Å². The molecule has 0 fully saturated rings. The molecule has 1 aromatic heterocycles. The van der Waals surface area contributed by atoms with Crippen LogP contribution in [0.5, 0.6) is 0 Å². The molecule has 0 spiro atoms. The molecule has 20 heavy (non-hydrogen) atoms. The summed E-state index contributed by atoms with van der Waals surface area (Å²) in [5.41, 5.74) is 2.26. The van der Waals surface area contributed by atoms with Crippen molar-refractivity contribution in [2.45, 2.75) is 13.1 Å². The van der Waals surface area contributed by atoms with Gasteiger partial charge >= 0.3 is 0 Å². The predicted octanol–water partition coefficient (Wildman–Crippen LogP) is 5.00. The minimum atomic E-state index is 0.742. The van der Waals surface area contributed by atoms with E-state index < -0.39 is 0 Å². The largest absolute Gasteiger partial charge is 0.306 e. The summed E-state index contributed by atoms with van der Waals surface area (Å²) in [4.78, 5) is 4.60. The van der Waals surface area contributed by atoms with Crippen LogP contribution in [0.4, 0.5) is 0 Å². The molecule has 0 bridgehead atoms. The van der Waals surface area contributed by atoms with Crippen LogP contribution >= 0.6 is 38.9 Å². The number of aromatic nitrogens is 1. The first kappa shape index (κ1) is 14.0. The topological polar surface area (TPSA) is 24.9 Å². The maximum Gasteiger partial charge on any atom is 0.108 e. The standard InChI is InChI=1S/C15H12BrClN2S/c16-12-7-11(17)6-5-10(12)8-18-9-15-19-13-3-1-2-4-14(13)20-15/h1-7,18H,8-9H2. The number of benzene rings is 2.